The fourth-order valence-corrected chi connectivity index (χ4v) is 3.34. The van der Waals surface area contributed by atoms with Gasteiger partial charge in [0.15, 0.2) is 0 Å². The lowest BCUT2D eigenvalue weighted by atomic mass is 9.97. The highest BCUT2D eigenvalue weighted by Crippen LogP contribution is 2.17. The fraction of sp³-hybridized carbons (Fsp3) is 0.650. The van der Waals surface area contributed by atoms with Crippen LogP contribution in [-0.4, -0.2) is 44.1 Å². The Labute approximate surface area is 146 Å². The SMILES string of the molecule is O=CNCCC(CCOCc1ccccc1)CCN1CCCCC1. The van der Waals surface area contributed by atoms with E-state index in [9.17, 15) is 4.79 Å². The number of hydrogen-bond acceptors (Lipinski definition) is 3. The molecule has 1 N–H and O–H groups in total. The molecule has 134 valence electrons. The minimum absolute atomic E-state index is 0.621. The van der Waals surface area contributed by atoms with Gasteiger partial charge in [-0.3, -0.25) is 4.79 Å². The molecule has 0 aromatic heterocycles. The summed E-state index contributed by atoms with van der Waals surface area (Å²) in [6.45, 7) is 5.94. The molecule has 2 rings (SSSR count). The van der Waals surface area contributed by atoms with Gasteiger partial charge in [-0.2, -0.15) is 0 Å². The number of hydrogen-bond donors (Lipinski definition) is 1. The molecule has 1 aliphatic heterocycles. The van der Waals surface area contributed by atoms with Crippen molar-refractivity contribution in [2.75, 3.05) is 32.8 Å². The van der Waals surface area contributed by atoms with Crippen molar-refractivity contribution in [3.63, 3.8) is 0 Å². The first-order valence-corrected chi connectivity index (χ1v) is 9.39. The highest BCUT2D eigenvalue weighted by Gasteiger charge is 2.14. The minimum Gasteiger partial charge on any atom is -0.377 e. The average molecular weight is 332 g/mol. The van der Waals surface area contributed by atoms with Gasteiger partial charge >= 0.3 is 0 Å². The molecule has 1 aromatic rings. The second-order valence-corrected chi connectivity index (χ2v) is 6.74. The Bertz CT molecular complexity index is 433. The molecule has 0 bridgehead atoms. The number of nitrogens with one attached hydrogen (secondary N) is 1. The van der Waals surface area contributed by atoms with Gasteiger partial charge in [-0.25, -0.2) is 0 Å². The zero-order valence-electron chi connectivity index (χ0n) is 14.8. The van der Waals surface area contributed by atoms with Crippen molar-refractivity contribution in [2.24, 2.45) is 5.92 Å². The molecule has 4 heteroatoms. The topological polar surface area (TPSA) is 41.6 Å². The molecule has 0 aliphatic carbocycles. The van der Waals surface area contributed by atoms with Crippen LogP contribution >= 0.6 is 0 Å². The highest BCUT2D eigenvalue weighted by molar-refractivity contribution is 5.45. The van der Waals surface area contributed by atoms with Crippen molar-refractivity contribution in [3.8, 4) is 0 Å². The third-order valence-corrected chi connectivity index (χ3v) is 4.86. The Morgan fingerprint density at radius 3 is 2.62 bits per heavy atom. The van der Waals surface area contributed by atoms with E-state index in [1.807, 2.05) is 18.2 Å². The number of carbonyl (C=O) groups is 1. The van der Waals surface area contributed by atoms with Gasteiger partial charge < -0.3 is 15.0 Å². The van der Waals surface area contributed by atoms with Crippen LogP contribution in [0.15, 0.2) is 30.3 Å². The van der Waals surface area contributed by atoms with E-state index in [0.29, 0.717) is 12.5 Å². The fourth-order valence-electron chi connectivity index (χ4n) is 3.34. The maximum Gasteiger partial charge on any atom is 0.207 e. The maximum absolute atomic E-state index is 10.5. The first-order chi connectivity index (χ1) is 11.9. The molecule has 4 nitrogen and oxygen atoms in total. The predicted molar refractivity (Wildman–Crippen MR) is 97.8 cm³/mol. The van der Waals surface area contributed by atoms with Gasteiger partial charge in [-0.1, -0.05) is 36.8 Å². The average Bonchev–Trinajstić information content (AvgIpc) is 2.64. The van der Waals surface area contributed by atoms with Crippen molar-refractivity contribution >= 4 is 6.41 Å². The summed E-state index contributed by atoms with van der Waals surface area (Å²) in [5.41, 5.74) is 1.23. The van der Waals surface area contributed by atoms with Crippen LogP contribution in [0.2, 0.25) is 0 Å². The summed E-state index contributed by atoms with van der Waals surface area (Å²) in [5.74, 6) is 0.621. The van der Waals surface area contributed by atoms with Gasteiger partial charge in [0.25, 0.3) is 0 Å². The van der Waals surface area contributed by atoms with Crippen LogP contribution in [0, 0.1) is 5.92 Å². The lowest BCUT2D eigenvalue weighted by Crippen LogP contribution is -2.32. The third kappa shape index (κ3) is 7.93. The van der Waals surface area contributed by atoms with E-state index in [-0.39, 0.29) is 0 Å². The summed E-state index contributed by atoms with van der Waals surface area (Å²) in [6, 6.07) is 10.3. The Balaban J connectivity index is 1.65. The Kier molecular flexibility index (Phi) is 9.50. The van der Waals surface area contributed by atoms with Gasteiger partial charge in [0, 0.05) is 13.2 Å². The first kappa shape index (κ1) is 18.9. The van der Waals surface area contributed by atoms with Crippen LogP contribution in [0.25, 0.3) is 0 Å². The zero-order chi connectivity index (χ0) is 16.9. The summed E-state index contributed by atoms with van der Waals surface area (Å²) >= 11 is 0. The van der Waals surface area contributed by atoms with Crippen molar-refractivity contribution in [1.29, 1.82) is 0 Å². The van der Waals surface area contributed by atoms with Crippen LogP contribution in [0.1, 0.15) is 44.1 Å². The molecule has 1 amide bonds. The number of ether oxygens (including phenoxy) is 1. The number of amides is 1. The lowest BCUT2D eigenvalue weighted by Gasteiger charge is -2.28. The van der Waals surface area contributed by atoms with E-state index in [4.69, 9.17) is 4.74 Å². The molecule has 0 saturated carbocycles. The summed E-state index contributed by atoms with van der Waals surface area (Å²) in [5, 5.41) is 2.80. The zero-order valence-corrected chi connectivity index (χ0v) is 14.8. The number of likely N-dealkylation sites (tertiary alicyclic amines) is 1. The number of benzene rings is 1. The molecule has 0 spiro atoms. The number of rotatable bonds is 12. The van der Waals surface area contributed by atoms with Crippen LogP contribution in [0.3, 0.4) is 0 Å². The number of piperidine rings is 1. The van der Waals surface area contributed by atoms with E-state index >= 15 is 0 Å². The normalized spacial score (nSPS) is 16.7. The summed E-state index contributed by atoms with van der Waals surface area (Å²) in [6.07, 6.45) is 8.19. The molecule has 1 unspecified atom stereocenters. The van der Waals surface area contributed by atoms with E-state index in [0.717, 1.165) is 32.4 Å². The van der Waals surface area contributed by atoms with Crippen molar-refractivity contribution in [2.45, 2.75) is 45.1 Å². The first-order valence-electron chi connectivity index (χ1n) is 9.39. The van der Waals surface area contributed by atoms with Crippen molar-refractivity contribution in [1.82, 2.24) is 10.2 Å². The standard InChI is InChI=1S/C20H32N2O2/c23-18-21-12-9-19(10-15-22-13-5-2-6-14-22)11-16-24-17-20-7-3-1-4-8-20/h1,3-4,7-8,18-19H,2,5-6,9-17H2,(H,21,23). The number of carbonyl (C=O) groups excluding carboxylic acids is 1. The molecule has 1 saturated heterocycles. The Morgan fingerprint density at radius 2 is 1.88 bits per heavy atom. The quantitative estimate of drug-likeness (QED) is 0.472. The molecule has 1 fully saturated rings. The van der Waals surface area contributed by atoms with Crippen molar-refractivity contribution < 1.29 is 9.53 Å². The Hall–Kier alpha value is -1.39. The van der Waals surface area contributed by atoms with E-state index in [1.165, 1.54) is 50.9 Å². The van der Waals surface area contributed by atoms with E-state index in [2.05, 4.69) is 22.3 Å². The van der Waals surface area contributed by atoms with Crippen LogP contribution in [0.4, 0.5) is 0 Å². The van der Waals surface area contributed by atoms with Crippen LogP contribution in [0.5, 0.6) is 0 Å². The van der Waals surface area contributed by atoms with Gasteiger partial charge in [0.1, 0.15) is 0 Å². The summed E-state index contributed by atoms with van der Waals surface area (Å²) < 4.78 is 5.84. The monoisotopic (exact) mass is 332 g/mol. The molecule has 1 atom stereocenters. The van der Waals surface area contributed by atoms with Gasteiger partial charge in [0.2, 0.25) is 6.41 Å². The molecule has 24 heavy (non-hydrogen) atoms. The Morgan fingerprint density at radius 1 is 1.08 bits per heavy atom. The maximum atomic E-state index is 10.5. The number of nitrogens with zero attached hydrogens (tertiary/aromatic N) is 1. The van der Waals surface area contributed by atoms with Crippen molar-refractivity contribution in [3.05, 3.63) is 35.9 Å². The van der Waals surface area contributed by atoms with E-state index < -0.39 is 0 Å². The minimum atomic E-state index is 0.621. The van der Waals surface area contributed by atoms with Crippen LogP contribution in [-0.2, 0) is 16.1 Å². The van der Waals surface area contributed by atoms with Gasteiger partial charge in [-0.15, -0.1) is 0 Å². The third-order valence-electron chi connectivity index (χ3n) is 4.86. The molecule has 0 radical (unpaired) electrons. The van der Waals surface area contributed by atoms with Crippen LogP contribution < -0.4 is 5.32 Å². The summed E-state index contributed by atoms with van der Waals surface area (Å²) in [4.78, 5) is 13.1. The molecular weight excluding hydrogens is 300 g/mol. The largest absolute Gasteiger partial charge is 0.377 e. The van der Waals surface area contributed by atoms with Gasteiger partial charge in [0.05, 0.1) is 6.61 Å². The smallest absolute Gasteiger partial charge is 0.207 e. The molecule has 1 heterocycles. The molecule has 1 aliphatic rings. The highest BCUT2D eigenvalue weighted by atomic mass is 16.5. The predicted octanol–water partition coefficient (Wildman–Crippen LogP) is 3.22. The molecule has 1 aromatic carbocycles. The second-order valence-electron chi connectivity index (χ2n) is 6.74. The molecular formula is C20H32N2O2. The van der Waals surface area contributed by atoms with E-state index in [1.54, 1.807) is 0 Å². The van der Waals surface area contributed by atoms with Gasteiger partial charge in [-0.05, 0) is 63.2 Å². The second kappa shape index (κ2) is 12.0. The summed E-state index contributed by atoms with van der Waals surface area (Å²) in [7, 11) is 0. The lowest BCUT2D eigenvalue weighted by molar-refractivity contribution is -0.109.